The van der Waals surface area contributed by atoms with Crippen molar-refractivity contribution in [1.29, 1.82) is 0 Å². The van der Waals surface area contributed by atoms with Gasteiger partial charge in [-0.1, -0.05) is 30.3 Å². The molecule has 0 aliphatic rings. The number of halogens is 3. The molecule has 0 unspecified atom stereocenters. The average molecular weight is 367 g/mol. The van der Waals surface area contributed by atoms with Gasteiger partial charge in [0.05, 0.1) is 10.2 Å². The SMILES string of the molecule is Cc1cc(Br)c(F)cc1-n1c(Cl)nnc1-c1ccccc1. The number of hydrogen-bond donors (Lipinski definition) is 0. The largest absolute Gasteiger partial charge is 0.265 e. The fourth-order valence-corrected chi connectivity index (χ4v) is 2.80. The zero-order valence-corrected chi connectivity index (χ0v) is 13.4. The van der Waals surface area contributed by atoms with Crippen molar-refractivity contribution in [2.24, 2.45) is 0 Å². The molecule has 0 amide bonds. The summed E-state index contributed by atoms with van der Waals surface area (Å²) < 4.78 is 15.9. The van der Waals surface area contributed by atoms with Crippen LogP contribution in [-0.2, 0) is 0 Å². The van der Waals surface area contributed by atoms with Crippen molar-refractivity contribution in [3.8, 4) is 17.1 Å². The first kappa shape index (κ1) is 14.2. The molecule has 1 heterocycles. The van der Waals surface area contributed by atoms with Gasteiger partial charge in [0, 0.05) is 5.56 Å². The van der Waals surface area contributed by atoms with Crippen molar-refractivity contribution in [1.82, 2.24) is 14.8 Å². The van der Waals surface area contributed by atoms with Crippen molar-refractivity contribution in [3.05, 3.63) is 63.6 Å². The minimum Gasteiger partial charge on any atom is -0.265 e. The minimum atomic E-state index is -0.362. The summed E-state index contributed by atoms with van der Waals surface area (Å²) in [7, 11) is 0. The lowest BCUT2D eigenvalue weighted by Crippen LogP contribution is -2.01. The molecule has 106 valence electrons. The standard InChI is InChI=1S/C15H10BrClFN3/c1-9-7-11(16)12(18)8-13(9)21-14(19-20-15(21)17)10-5-3-2-4-6-10/h2-8H,1H3. The molecule has 3 rings (SSSR count). The average Bonchev–Trinajstić information content (AvgIpc) is 2.85. The molecule has 21 heavy (non-hydrogen) atoms. The Bertz CT molecular complexity index is 802. The lowest BCUT2D eigenvalue weighted by Gasteiger charge is -2.12. The second-order valence-electron chi connectivity index (χ2n) is 4.55. The number of nitrogens with zero attached hydrogens (tertiary/aromatic N) is 3. The van der Waals surface area contributed by atoms with Gasteiger partial charge in [0.15, 0.2) is 5.82 Å². The van der Waals surface area contributed by atoms with E-state index in [4.69, 9.17) is 11.6 Å². The summed E-state index contributed by atoms with van der Waals surface area (Å²) in [4.78, 5) is 0. The number of rotatable bonds is 2. The van der Waals surface area contributed by atoms with Gasteiger partial charge in [0.1, 0.15) is 5.82 Å². The van der Waals surface area contributed by atoms with E-state index in [1.165, 1.54) is 6.07 Å². The molecule has 0 saturated heterocycles. The predicted octanol–water partition coefficient (Wildman–Crippen LogP) is 4.80. The number of aryl methyl sites for hydroxylation is 1. The van der Waals surface area contributed by atoms with E-state index in [0.717, 1.165) is 11.1 Å². The Morgan fingerprint density at radius 2 is 1.86 bits per heavy atom. The van der Waals surface area contributed by atoms with E-state index in [1.54, 1.807) is 10.6 Å². The zero-order valence-electron chi connectivity index (χ0n) is 11.0. The summed E-state index contributed by atoms with van der Waals surface area (Å²) in [6.45, 7) is 1.88. The third-order valence-electron chi connectivity index (χ3n) is 3.14. The normalized spacial score (nSPS) is 10.9. The highest BCUT2D eigenvalue weighted by Gasteiger charge is 2.17. The topological polar surface area (TPSA) is 30.7 Å². The molecule has 3 aromatic rings. The molecule has 0 spiro atoms. The molecule has 0 radical (unpaired) electrons. The molecule has 0 aliphatic carbocycles. The fraction of sp³-hybridized carbons (Fsp3) is 0.0667. The summed E-state index contributed by atoms with van der Waals surface area (Å²) in [5.41, 5.74) is 2.34. The van der Waals surface area contributed by atoms with Crippen LogP contribution in [0.1, 0.15) is 5.56 Å². The molecular weight excluding hydrogens is 357 g/mol. The van der Waals surface area contributed by atoms with Gasteiger partial charge in [-0.2, -0.15) is 0 Å². The van der Waals surface area contributed by atoms with Crippen molar-refractivity contribution in [2.75, 3.05) is 0 Å². The van der Waals surface area contributed by atoms with Gasteiger partial charge >= 0.3 is 0 Å². The maximum Gasteiger partial charge on any atom is 0.229 e. The van der Waals surface area contributed by atoms with Gasteiger partial charge in [0.25, 0.3) is 0 Å². The molecular formula is C15H10BrClFN3. The minimum absolute atomic E-state index is 0.193. The molecule has 6 heteroatoms. The molecule has 2 aromatic carbocycles. The fourth-order valence-electron chi connectivity index (χ4n) is 2.13. The van der Waals surface area contributed by atoms with E-state index in [1.807, 2.05) is 37.3 Å². The number of hydrogen-bond acceptors (Lipinski definition) is 2. The first-order valence-electron chi connectivity index (χ1n) is 6.20. The molecule has 1 aromatic heterocycles. The molecule has 0 aliphatic heterocycles. The molecule has 0 atom stereocenters. The molecule has 0 N–H and O–H groups in total. The van der Waals surface area contributed by atoms with Gasteiger partial charge in [-0.15, -0.1) is 10.2 Å². The van der Waals surface area contributed by atoms with Crippen LogP contribution in [0.4, 0.5) is 4.39 Å². The number of benzene rings is 2. The summed E-state index contributed by atoms with van der Waals surface area (Å²) in [6, 6.07) is 12.6. The van der Waals surface area contributed by atoms with Crippen LogP contribution >= 0.6 is 27.5 Å². The Morgan fingerprint density at radius 3 is 2.57 bits per heavy atom. The van der Waals surface area contributed by atoms with E-state index in [9.17, 15) is 4.39 Å². The highest BCUT2D eigenvalue weighted by atomic mass is 79.9. The smallest absolute Gasteiger partial charge is 0.229 e. The van der Waals surface area contributed by atoms with Crippen LogP contribution in [0.5, 0.6) is 0 Å². The van der Waals surface area contributed by atoms with Gasteiger partial charge < -0.3 is 0 Å². The molecule has 0 saturated carbocycles. The predicted molar refractivity (Wildman–Crippen MR) is 84.2 cm³/mol. The van der Waals surface area contributed by atoms with Crippen LogP contribution in [0.15, 0.2) is 46.9 Å². The Hall–Kier alpha value is -1.72. The first-order valence-corrected chi connectivity index (χ1v) is 7.37. The van der Waals surface area contributed by atoms with Crippen molar-refractivity contribution >= 4 is 27.5 Å². The van der Waals surface area contributed by atoms with Crippen LogP contribution in [-0.4, -0.2) is 14.8 Å². The summed E-state index contributed by atoms with van der Waals surface area (Å²) >= 11 is 9.33. The number of aromatic nitrogens is 3. The highest BCUT2D eigenvalue weighted by Crippen LogP contribution is 2.29. The molecule has 0 fully saturated rings. The third-order valence-corrected chi connectivity index (χ3v) is 3.99. The van der Waals surface area contributed by atoms with E-state index in [-0.39, 0.29) is 11.1 Å². The van der Waals surface area contributed by atoms with Crippen LogP contribution < -0.4 is 0 Å². The summed E-state index contributed by atoms with van der Waals surface area (Å²) in [5, 5.41) is 8.20. The zero-order chi connectivity index (χ0) is 15.0. The Kier molecular flexibility index (Phi) is 3.78. The van der Waals surface area contributed by atoms with Crippen LogP contribution in [0.25, 0.3) is 17.1 Å². The van der Waals surface area contributed by atoms with Crippen LogP contribution in [0.2, 0.25) is 5.28 Å². The van der Waals surface area contributed by atoms with Crippen molar-refractivity contribution in [3.63, 3.8) is 0 Å². The Morgan fingerprint density at radius 1 is 1.14 bits per heavy atom. The molecule has 0 bridgehead atoms. The lowest BCUT2D eigenvalue weighted by atomic mass is 10.1. The van der Waals surface area contributed by atoms with Crippen molar-refractivity contribution < 1.29 is 4.39 Å². The van der Waals surface area contributed by atoms with E-state index in [0.29, 0.717) is 16.0 Å². The van der Waals surface area contributed by atoms with E-state index < -0.39 is 0 Å². The summed E-state index contributed by atoms with van der Waals surface area (Å²) in [5.74, 6) is 0.213. The van der Waals surface area contributed by atoms with Gasteiger partial charge in [0.2, 0.25) is 5.28 Å². The maximum atomic E-state index is 13.9. The quantitative estimate of drug-likeness (QED) is 0.652. The van der Waals surface area contributed by atoms with Gasteiger partial charge in [-0.3, -0.25) is 4.57 Å². The monoisotopic (exact) mass is 365 g/mol. The lowest BCUT2D eigenvalue weighted by molar-refractivity contribution is 0.619. The third kappa shape index (κ3) is 2.59. The highest BCUT2D eigenvalue weighted by molar-refractivity contribution is 9.10. The van der Waals surface area contributed by atoms with Crippen LogP contribution in [0.3, 0.4) is 0 Å². The second kappa shape index (κ2) is 5.58. The van der Waals surface area contributed by atoms with E-state index in [2.05, 4.69) is 26.1 Å². The van der Waals surface area contributed by atoms with Gasteiger partial charge in [-0.25, -0.2) is 4.39 Å². The van der Waals surface area contributed by atoms with Crippen LogP contribution in [0, 0.1) is 12.7 Å². The second-order valence-corrected chi connectivity index (χ2v) is 5.74. The Labute approximate surface area is 134 Å². The first-order chi connectivity index (χ1) is 10.1. The maximum absolute atomic E-state index is 13.9. The van der Waals surface area contributed by atoms with Gasteiger partial charge in [-0.05, 0) is 52.2 Å². The van der Waals surface area contributed by atoms with E-state index >= 15 is 0 Å². The summed E-state index contributed by atoms with van der Waals surface area (Å²) in [6.07, 6.45) is 0. The molecule has 3 nitrogen and oxygen atoms in total. The van der Waals surface area contributed by atoms with Crippen molar-refractivity contribution in [2.45, 2.75) is 6.92 Å². The Balaban J connectivity index is 2.25.